The van der Waals surface area contributed by atoms with E-state index in [0.29, 0.717) is 5.92 Å². The maximum Gasteiger partial charge on any atom is 0.174 e. The number of fused-ring (bicyclic) bond motifs is 1. The number of aliphatic imine (C=N–C) groups is 1. The van der Waals surface area contributed by atoms with Gasteiger partial charge in [-0.3, -0.25) is 5.01 Å². The third-order valence-electron chi connectivity index (χ3n) is 3.25. The highest BCUT2D eigenvalue weighted by Crippen LogP contribution is 2.34. The predicted octanol–water partition coefficient (Wildman–Crippen LogP) is 3.11. The van der Waals surface area contributed by atoms with Gasteiger partial charge in [-0.1, -0.05) is 29.8 Å². The van der Waals surface area contributed by atoms with Gasteiger partial charge in [0.1, 0.15) is 5.84 Å². The number of nitrogens with zero attached hydrogens (tertiary/aromatic N) is 2. The summed E-state index contributed by atoms with van der Waals surface area (Å²) in [5.41, 5.74) is 4.46. The van der Waals surface area contributed by atoms with Crippen molar-refractivity contribution >= 4 is 33.4 Å². The fourth-order valence-corrected chi connectivity index (χ4v) is 3.23. The lowest BCUT2D eigenvalue weighted by atomic mass is 9.90. The first kappa shape index (κ1) is 11.5. The van der Waals surface area contributed by atoms with Crippen molar-refractivity contribution in [1.82, 2.24) is 10.4 Å². The maximum atomic E-state index is 6.28. The number of hydrogen-bond donors (Lipinski definition) is 1. The average Bonchev–Trinajstić information content (AvgIpc) is 2.70. The maximum absolute atomic E-state index is 6.28. The van der Waals surface area contributed by atoms with E-state index in [9.17, 15) is 0 Å². The standard InChI is InChI=1S/C12H13BrClN3/c13-12-15-11-9(5-3-7-17(11)16-12)8-4-1-2-6-10(8)14/h1-2,4,6,9,12,16H,3,5,7H2. The molecule has 3 rings (SSSR count). The average molecular weight is 315 g/mol. The van der Waals surface area contributed by atoms with Gasteiger partial charge in [-0.05, 0) is 40.4 Å². The van der Waals surface area contributed by atoms with Gasteiger partial charge in [0, 0.05) is 17.5 Å². The molecule has 17 heavy (non-hydrogen) atoms. The molecule has 0 aliphatic carbocycles. The van der Waals surface area contributed by atoms with Crippen LogP contribution in [0, 0.1) is 0 Å². The molecule has 0 saturated carbocycles. The molecule has 2 unspecified atom stereocenters. The minimum absolute atomic E-state index is 0.000544. The molecule has 2 aliphatic heterocycles. The lowest BCUT2D eigenvalue weighted by Gasteiger charge is -2.32. The highest BCUT2D eigenvalue weighted by molar-refractivity contribution is 9.09. The molecule has 0 radical (unpaired) electrons. The fourth-order valence-electron chi connectivity index (χ4n) is 2.50. The van der Waals surface area contributed by atoms with Crippen molar-refractivity contribution in [2.75, 3.05) is 6.54 Å². The van der Waals surface area contributed by atoms with Crippen LogP contribution < -0.4 is 5.43 Å². The van der Waals surface area contributed by atoms with Gasteiger partial charge >= 0.3 is 0 Å². The molecule has 1 N–H and O–H groups in total. The number of piperidine rings is 1. The third-order valence-corrected chi connectivity index (χ3v) is 4.01. The summed E-state index contributed by atoms with van der Waals surface area (Å²) < 4.78 is 0. The van der Waals surface area contributed by atoms with E-state index in [0.717, 1.165) is 30.2 Å². The SMILES string of the molecule is Clc1ccccc1C1CCCN2NC(Br)N=C12. The number of hydrazine groups is 1. The fraction of sp³-hybridized carbons (Fsp3) is 0.417. The molecule has 0 amide bonds. The third kappa shape index (κ3) is 2.09. The van der Waals surface area contributed by atoms with Crippen molar-refractivity contribution in [1.29, 1.82) is 0 Å². The predicted molar refractivity (Wildman–Crippen MR) is 73.4 cm³/mol. The number of nitrogens with one attached hydrogen (secondary N) is 1. The van der Waals surface area contributed by atoms with Crippen molar-refractivity contribution in [2.45, 2.75) is 23.8 Å². The molecule has 3 nitrogen and oxygen atoms in total. The summed E-state index contributed by atoms with van der Waals surface area (Å²) in [6, 6.07) is 8.05. The molecule has 1 fully saturated rings. The molecule has 0 aromatic heterocycles. The van der Waals surface area contributed by atoms with E-state index in [1.807, 2.05) is 18.2 Å². The second kappa shape index (κ2) is 4.59. The van der Waals surface area contributed by atoms with Gasteiger partial charge in [0.25, 0.3) is 0 Å². The zero-order valence-electron chi connectivity index (χ0n) is 9.24. The smallest absolute Gasteiger partial charge is 0.174 e. The Hall–Kier alpha value is -0.580. The molecule has 2 heterocycles. The van der Waals surface area contributed by atoms with E-state index in [2.05, 4.69) is 37.4 Å². The second-order valence-electron chi connectivity index (χ2n) is 4.32. The van der Waals surface area contributed by atoms with Crippen molar-refractivity contribution in [2.24, 2.45) is 4.99 Å². The second-order valence-corrected chi connectivity index (χ2v) is 5.59. The van der Waals surface area contributed by atoms with Crippen LogP contribution in [0.1, 0.15) is 24.3 Å². The van der Waals surface area contributed by atoms with Crippen molar-refractivity contribution in [3.8, 4) is 0 Å². The first-order valence-electron chi connectivity index (χ1n) is 5.75. The van der Waals surface area contributed by atoms with Gasteiger partial charge in [0.05, 0.1) is 0 Å². The van der Waals surface area contributed by atoms with Gasteiger partial charge in [-0.25, -0.2) is 4.99 Å². The van der Waals surface area contributed by atoms with Crippen LogP contribution in [0.25, 0.3) is 0 Å². The molecule has 1 aromatic carbocycles. The molecular formula is C12H13BrClN3. The lowest BCUT2D eigenvalue weighted by molar-refractivity contribution is 0.293. The highest BCUT2D eigenvalue weighted by Gasteiger charge is 2.34. The Morgan fingerprint density at radius 2 is 2.24 bits per heavy atom. The van der Waals surface area contributed by atoms with Crippen molar-refractivity contribution < 1.29 is 0 Å². The van der Waals surface area contributed by atoms with E-state index in [4.69, 9.17) is 11.6 Å². The summed E-state index contributed by atoms with van der Waals surface area (Å²) in [7, 11) is 0. The first-order valence-corrected chi connectivity index (χ1v) is 7.05. The number of benzene rings is 1. The van der Waals surface area contributed by atoms with Gasteiger partial charge in [-0.2, -0.15) is 5.43 Å². The van der Waals surface area contributed by atoms with Crippen LogP contribution in [0.2, 0.25) is 5.02 Å². The largest absolute Gasteiger partial charge is 0.293 e. The molecule has 0 bridgehead atoms. The quantitative estimate of drug-likeness (QED) is 0.637. The summed E-state index contributed by atoms with van der Waals surface area (Å²) in [6.07, 6.45) is 2.27. The monoisotopic (exact) mass is 313 g/mol. The minimum atomic E-state index is 0.000544. The van der Waals surface area contributed by atoms with Gasteiger partial charge in [0.15, 0.2) is 5.08 Å². The van der Waals surface area contributed by atoms with E-state index in [1.54, 1.807) is 0 Å². The minimum Gasteiger partial charge on any atom is -0.293 e. The Morgan fingerprint density at radius 3 is 3.06 bits per heavy atom. The molecule has 2 aliphatic rings. The molecule has 2 atom stereocenters. The van der Waals surface area contributed by atoms with Gasteiger partial charge in [0.2, 0.25) is 0 Å². The Morgan fingerprint density at radius 1 is 1.41 bits per heavy atom. The van der Waals surface area contributed by atoms with Crippen LogP contribution >= 0.6 is 27.5 Å². The molecule has 1 aromatic rings. The van der Waals surface area contributed by atoms with Crippen LogP contribution in [0.15, 0.2) is 29.3 Å². The van der Waals surface area contributed by atoms with Crippen molar-refractivity contribution in [3.63, 3.8) is 0 Å². The Kier molecular flexibility index (Phi) is 3.11. The van der Waals surface area contributed by atoms with E-state index in [-0.39, 0.29) is 5.08 Å². The number of hydrogen-bond acceptors (Lipinski definition) is 3. The molecule has 1 saturated heterocycles. The normalized spacial score (nSPS) is 27.9. The topological polar surface area (TPSA) is 27.6 Å². The van der Waals surface area contributed by atoms with Crippen LogP contribution in [-0.2, 0) is 0 Å². The van der Waals surface area contributed by atoms with Gasteiger partial charge in [-0.15, -0.1) is 0 Å². The van der Waals surface area contributed by atoms with Crippen molar-refractivity contribution in [3.05, 3.63) is 34.9 Å². The van der Waals surface area contributed by atoms with E-state index in [1.165, 1.54) is 5.56 Å². The van der Waals surface area contributed by atoms with Crippen LogP contribution in [0.4, 0.5) is 0 Å². The van der Waals surface area contributed by atoms with Crippen LogP contribution in [-0.4, -0.2) is 22.5 Å². The molecular weight excluding hydrogens is 302 g/mol. The number of amidine groups is 1. The summed E-state index contributed by atoms with van der Waals surface area (Å²) in [4.78, 5) is 4.60. The van der Waals surface area contributed by atoms with E-state index < -0.39 is 0 Å². The van der Waals surface area contributed by atoms with E-state index >= 15 is 0 Å². The van der Waals surface area contributed by atoms with Crippen LogP contribution in [0.5, 0.6) is 0 Å². The summed E-state index contributed by atoms with van der Waals surface area (Å²) in [5, 5.41) is 2.97. The highest BCUT2D eigenvalue weighted by atomic mass is 79.9. The Labute approximate surface area is 114 Å². The number of halogens is 2. The molecule has 0 spiro atoms. The molecule has 90 valence electrons. The molecule has 5 heteroatoms. The summed E-state index contributed by atoms with van der Waals surface area (Å²) >= 11 is 9.75. The Balaban J connectivity index is 1.97. The first-order chi connectivity index (χ1) is 8.25. The van der Waals surface area contributed by atoms with Crippen LogP contribution in [0.3, 0.4) is 0 Å². The zero-order valence-corrected chi connectivity index (χ0v) is 11.6. The van der Waals surface area contributed by atoms with Gasteiger partial charge < -0.3 is 0 Å². The number of rotatable bonds is 1. The zero-order chi connectivity index (χ0) is 11.8. The summed E-state index contributed by atoms with van der Waals surface area (Å²) in [6.45, 7) is 1.02. The summed E-state index contributed by atoms with van der Waals surface area (Å²) in [5.74, 6) is 1.42. The Bertz CT molecular complexity index is 463. The number of alkyl halides is 1. The lowest BCUT2D eigenvalue weighted by Crippen LogP contribution is -2.44.